The van der Waals surface area contributed by atoms with Gasteiger partial charge in [0, 0.05) is 37.3 Å². The van der Waals surface area contributed by atoms with Crippen molar-refractivity contribution in [2.75, 3.05) is 18.0 Å². The first kappa shape index (κ1) is 16.4. The summed E-state index contributed by atoms with van der Waals surface area (Å²) < 4.78 is 40.5. The van der Waals surface area contributed by atoms with Gasteiger partial charge in [0.05, 0.1) is 17.5 Å². The second-order valence-corrected chi connectivity index (χ2v) is 5.89. The zero-order chi connectivity index (χ0) is 17.3. The molecule has 0 amide bonds. The van der Waals surface area contributed by atoms with Crippen molar-refractivity contribution in [3.63, 3.8) is 0 Å². The first-order valence-corrected chi connectivity index (χ1v) is 7.68. The summed E-state index contributed by atoms with van der Waals surface area (Å²) in [5.74, 6) is -3.71. The average Bonchev–Trinajstić information content (AvgIpc) is 2.54. The van der Waals surface area contributed by atoms with Crippen molar-refractivity contribution in [2.24, 2.45) is 5.92 Å². The third kappa shape index (κ3) is 3.25. The Labute approximate surface area is 137 Å². The zero-order valence-corrected chi connectivity index (χ0v) is 13.1. The summed E-state index contributed by atoms with van der Waals surface area (Å²) in [6, 6.07) is 1.07. The molecule has 2 heterocycles. The molecule has 1 aromatic carbocycles. The Morgan fingerprint density at radius 3 is 2.33 bits per heavy atom. The Morgan fingerprint density at radius 1 is 1.12 bits per heavy atom. The molecule has 2 aromatic rings. The molecule has 0 atom stereocenters. The van der Waals surface area contributed by atoms with Crippen LogP contribution < -0.4 is 4.90 Å². The molecule has 1 saturated heterocycles. The number of piperidine rings is 1. The number of ketones is 1. The molecule has 0 bridgehead atoms. The highest BCUT2D eigenvalue weighted by Gasteiger charge is 2.30. The van der Waals surface area contributed by atoms with E-state index in [1.54, 1.807) is 12.4 Å². The molecule has 1 aromatic heterocycles. The van der Waals surface area contributed by atoms with Crippen molar-refractivity contribution >= 4 is 11.6 Å². The van der Waals surface area contributed by atoms with Crippen molar-refractivity contribution in [1.29, 1.82) is 0 Å². The number of halogens is 3. The molecule has 3 rings (SSSR count). The van der Waals surface area contributed by atoms with Gasteiger partial charge in [-0.1, -0.05) is 0 Å². The molecule has 0 aliphatic carbocycles. The lowest BCUT2D eigenvalue weighted by Crippen LogP contribution is -2.37. The van der Waals surface area contributed by atoms with E-state index in [1.807, 2.05) is 11.8 Å². The van der Waals surface area contributed by atoms with Gasteiger partial charge in [-0.15, -0.1) is 0 Å². The molecule has 0 unspecified atom stereocenters. The van der Waals surface area contributed by atoms with Gasteiger partial charge in [-0.3, -0.25) is 9.78 Å². The molecule has 24 heavy (non-hydrogen) atoms. The lowest BCUT2D eigenvalue weighted by Gasteiger charge is -2.32. The summed E-state index contributed by atoms with van der Waals surface area (Å²) >= 11 is 0. The smallest absolute Gasteiger partial charge is 0.171 e. The molecule has 126 valence electrons. The van der Waals surface area contributed by atoms with Crippen LogP contribution in [0.15, 0.2) is 24.5 Å². The lowest BCUT2D eigenvalue weighted by molar-refractivity contribution is 0.0891. The quantitative estimate of drug-likeness (QED) is 0.808. The second-order valence-electron chi connectivity index (χ2n) is 5.89. The van der Waals surface area contributed by atoms with Crippen molar-refractivity contribution < 1.29 is 18.0 Å². The standard InChI is InChI=1S/C17H16F3N3O/c1-10-8-21-9-15(22-10)23-4-2-11(3-5-23)17(24)16-13(19)6-12(18)7-14(16)20/h6-9,11H,2-5H2,1H3. The van der Waals surface area contributed by atoms with E-state index in [0.717, 1.165) is 11.5 Å². The summed E-state index contributed by atoms with van der Waals surface area (Å²) in [4.78, 5) is 22.9. The maximum absolute atomic E-state index is 13.8. The molecule has 1 aliphatic heterocycles. The summed E-state index contributed by atoms with van der Waals surface area (Å²) in [7, 11) is 0. The van der Waals surface area contributed by atoms with E-state index < -0.39 is 34.7 Å². The maximum atomic E-state index is 13.8. The summed E-state index contributed by atoms with van der Waals surface area (Å²) in [6.45, 7) is 2.92. The number of hydrogen-bond donors (Lipinski definition) is 0. The predicted molar refractivity (Wildman–Crippen MR) is 82.4 cm³/mol. The van der Waals surface area contributed by atoms with Crippen LogP contribution in [0.2, 0.25) is 0 Å². The third-order valence-corrected chi connectivity index (χ3v) is 4.19. The zero-order valence-electron chi connectivity index (χ0n) is 13.1. The molecular formula is C17H16F3N3O. The number of anilines is 1. The number of aryl methyl sites for hydroxylation is 1. The largest absolute Gasteiger partial charge is 0.355 e. The minimum atomic E-state index is -1.15. The highest BCUT2D eigenvalue weighted by atomic mass is 19.1. The molecule has 7 heteroatoms. The van der Waals surface area contributed by atoms with Crippen LogP contribution in [0.5, 0.6) is 0 Å². The second kappa shape index (κ2) is 6.59. The van der Waals surface area contributed by atoms with E-state index in [4.69, 9.17) is 0 Å². The fourth-order valence-electron chi connectivity index (χ4n) is 2.96. The topological polar surface area (TPSA) is 46.1 Å². The number of nitrogens with zero attached hydrogens (tertiary/aromatic N) is 3. The highest BCUT2D eigenvalue weighted by molar-refractivity contribution is 5.98. The molecule has 1 fully saturated rings. The Bertz CT molecular complexity index is 750. The van der Waals surface area contributed by atoms with Gasteiger partial charge in [-0.2, -0.15) is 0 Å². The molecule has 0 spiro atoms. The van der Waals surface area contributed by atoms with Crippen LogP contribution in [0.4, 0.5) is 19.0 Å². The van der Waals surface area contributed by atoms with Gasteiger partial charge >= 0.3 is 0 Å². The van der Waals surface area contributed by atoms with E-state index in [1.165, 1.54) is 0 Å². The van der Waals surface area contributed by atoms with Gasteiger partial charge in [-0.25, -0.2) is 18.2 Å². The molecular weight excluding hydrogens is 319 g/mol. The van der Waals surface area contributed by atoms with Gasteiger partial charge < -0.3 is 4.90 Å². The number of aromatic nitrogens is 2. The van der Waals surface area contributed by atoms with Gasteiger partial charge in [0.25, 0.3) is 0 Å². The van der Waals surface area contributed by atoms with E-state index in [-0.39, 0.29) is 0 Å². The normalized spacial score (nSPS) is 15.6. The fourth-order valence-corrected chi connectivity index (χ4v) is 2.96. The van der Waals surface area contributed by atoms with Crippen LogP contribution in [0.1, 0.15) is 28.9 Å². The predicted octanol–water partition coefficient (Wildman–Crippen LogP) is 3.30. The van der Waals surface area contributed by atoms with Crippen LogP contribution in [-0.2, 0) is 0 Å². The van der Waals surface area contributed by atoms with Crippen molar-refractivity contribution in [1.82, 2.24) is 9.97 Å². The van der Waals surface area contributed by atoms with Crippen molar-refractivity contribution in [3.8, 4) is 0 Å². The first-order chi connectivity index (χ1) is 11.5. The SMILES string of the molecule is Cc1cncc(N2CCC(C(=O)c3c(F)cc(F)cc3F)CC2)n1. The van der Waals surface area contributed by atoms with Gasteiger partial charge in [0.15, 0.2) is 5.78 Å². The third-order valence-electron chi connectivity index (χ3n) is 4.19. The first-order valence-electron chi connectivity index (χ1n) is 7.68. The Kier molecular flexibility index (Phi) is 4.51. The summed E-state index contributed by atoms with van der Waals surface area (Å²) in [6.07, 6.45) is 4.20. The summed E-state index contributed by atoms with van der Waals surface area (Å²) in [5, 5.41) is 0. The number of benzene rings is 1. The lowest BCUT2D eigenvalue weighted by atomic mass is 9.88. The molecule has 0 saturated carbocycles. The Hall–Kier alpha value is -2.44. The van der Waals surface area contributed by atoms with E-state index in [9.17, 15) is 18.0 Å². The van der Waals surface area contributed by atoms with Gasteiger partial charge in [0.1, 0.15) is 23.3 Å². The number of carbonyl (C=O) groups is 1. The highest BCUT2D eigenvalue weighted by Crippen LogP contribution is 2.27. The van der Waals surface area contributed by atoms with E-state index in [2.05, 4.69) is 9.97 Å². The van der Waals surface area contributed by atoms with Crippen molar-refractivity contribution in [2.45, 2.75) is 19.8 Å². The minimum absolute atomic E-state index is 0.449. The summed E-state index contributed by atoms with van der Waals surface area (Å²) in [5.41, 5.74) is 0.145. The maximum Gasteiger partial charge on any atom is 0.171 e. The molecule has 0 N–H and O–H groups in total. The van der Waals surface area contributed by atoms with Crippen LogP contribution in [-0.4, -0.2) is 28.8 Å². The van der Waals surface area contributed by atoms with E-state index >= 15 is 0 Å². The van der Waals surface area contributed by atoms with Gasteiger partial charge in [0.2, 0.25) is 0 Å². The monoisotopic (exact) mass is 335 g/mol. The minimum Gasteiger partial charge on any atom is -0.355 e. The number of Topliss-reactive ketones (excluding diaryl/α,β-unsaturated/α-hetero) is 1. The fraction of sp³-hybridized carbons (Fsp3) is 0.353. The molecule has 0 radical (unpaired) electrons. The molecule has 1 aliphatic rings. The number of carbonyl (C=O) groups excluding carboxylic acids is 1. The average molecular weight is 335 g/mol. The number of hydrogen-bond acceptors (Lipinski definition) is 4. The van der Waals surface area contributed by atoms with Crippen LogP contribution in [0, 0.1) is 30.3 Å². The Morgan fingerprint density at radius 2 is 1.75 bits per heavy atom. The Balaban J connectivity index is 1.72. The van der Waals surface area contributed by atoms with E-state index in [0.29, 0.717) is 38.1 Å². The molecule has 4 nitrogen and oxygen atoms in total. The van der Waals surface area contributed by atoms with Crippen LogP contribution in [0.3, 0.4) is 0 Å². The van der Waals surface area contributed by atoms with Crippen LogP contribution >= 0.6 is 0 Å². The van der Waals surface area contributed by atoms with Gasteiger partial charge in [-0.05, 0) is 19.8 Å². The number of rotatable bonds is 3. The van der Waals surface area contributed by atoms with Crippen LogP contribution in [0.25, 0.3) is 0 Å². The van der Waals surface area contributed by atoms with Crippen molar-refractivity contribution in [3.05, 3.63) is 53.2 Å².